The van der Waals surface area contributed by atoms with Crippen LogP contribution < -0.4 is 0 Å². The van der Waals surface area contributed by atoms with Crippen molar-refractivity contribution in [1.82, 2.24) is 0 Å². The molecule has 0 saturated carbocycles. The fourth-order valence-electron chi connectivity index (χ4n) is 2.08. The molecule has 0 radical (unpaired) electrons. The number of ether oxygens (including phenoxy) is 2. The van der Waals surface area contributed by atoms with E-state index in [9.17, 15) is 20.1 Å². The molecule has 0 aliphatic carbocycles. The number of hydrogen-bond acceptors (Lipinski definition) is 6. The zero-order chi connectivity index (χ0) is 13.0. The average molecular weight is 248 g/mol. The van der Waals surface area contributed by atoms with Gasteiger partial charge in [0.05, 0.1) is 32.0 Å². The Hall–Kier alpha value is -0.690. The van der Waals surface area contributed by atoms with Crippen LogP contribution in [0.15, 0.2) is 0 Å². The Balaban J connectivity index is 2.59. The van der Waals surface area contributed by atoms with Crippen LogP contribution in [-0.4, -0.2) is 59.4 Å². The number of esters is 1. The van der Waals surface area contributed by atoms with Crippen molar-refractivity contribution in [3.63, 3.8) is 0 Å². The van der Waals surface area contributed by atoms with Crippen LogP contribution in [0.25, 0.3) is 0 Å². The molecule has 1 aliphatic heterocycles. The Kier molecular flexibility index (Phi) is 5.32. The van der Waals surface area contributed by atoms with Crippen LogP contribution in [0.5, 0.6) is 0 Å². The van der Waals surface area contributed by atoms with Crippen LogP contribution >= 0.6 is 0 Å². The highest BCUT2D eigenvalue weighted by Crippen LogP contribution is 2.28. The molecule has 0 bridgehead atoms. The molecule has 3 N–H and O–H groups in total. The van der Waals surface area contributed by atoms with Gasteiger partial charge in [-0.15, -0.1) is 0 Å². The number of aliphatic hydroxyl groups excluding tert-OH is 3. The van der Waals surface area contributed by atoms with Gasteiger partial charge in [-0.05, 0) is 13.3 Å². The molecule has 0 unspecified atom stereocenters. The summed E-state index contributed by atoms with van der Waals surface area (Å²) < 4.78 is 10.0. The second kappa shape index (κ2) is 6.30. The van der Waals surface area contributed by atoms with Gasteiger partial charge >= 0.3 is 5.97 Å². The van der Waals surface area contributed by atoms with Gasteiger partial charge in [0.15, 0.2) is 0 Å². The number of methoxy groups -OCH3 is 1. The second-order valence-corrected chi connectivity index (χ2v) is 4.32. The van der Waals surface area contributed by atoms with Crippen molar-refractivity contribution in [1.29, 1.82) is 0 Å². The number of carbonyl (C=O) groups is 1. The standard InChI is InChI=1S/C11H20O6/c1-6-10(14)11(15)7(5-12)8(17-6)3-4-9(13)16-2/h6-8,10-12,14-15H,3-5H2,1-2H3/t6-,7-,8-,10-,11-/m0/s1. The van der Waals surface area contributed by atoms with Crippen LogP contribution in [0.1, 0.15) is 19.8 Å². The van der Waals surface area contributed by atoms with Crippen LogP contribution in [0.3, 0.4) is 0 Å². The lowest BCUT2D eigenvalue weighted by molar-refractivity contribution is -0.203. The van der Waals surface area contributed by atoms with E-state index >= 15 is 0 Å². The van der Waals surface area contributed by atoms with Crippen molar-refractivity contribution < 1.29 is 29.6 Å². The Morgan fingerprint density at radius 3 is 2.53 bits per heavy atom. The molecule has 6 nitrogen and oxygen atoms in total. The minimum atomic E-state index is -1.04. The molecule has 1 aliphatic rings. The minimum Gasteiger partial charge on any atom is -0.469 e. The Labute approximate surface area is 100 Å². The quantitative estimate of drug-likeness (QED) is 0.555. The maximum Gasteiger partial charge on any atom is 0.305 e. The molecule has 6 heteroatoms. The summed E-state index contributed by atoms with van der Waals surface area (Å²) in [4.78, 5) is 11.0. The summed E-state index contributed by atoms with van der Waals surface area (Å²) in [6.07, 6.45) is -2.50. The lowest BCUT2D eigenvalue weighted by Crippen LogP contribution is -2.54. The third-order valence-corrected chi connectivity index (χ3v) is 3.21. The molecule has 0 aromatic rings. The van der Waals surface area contributed by atoms with Gasteiger partial charge in [-0.3, -0.25) is 4.79 Å². The zero-order valence-corrected chi connectivity index (χ0v) is 10.1. The van der Waals surface area contributed by atoms with Gasteiger partial charge in [-0.25, -0.2) is 0 Å². The molecule has 0 spiro atoms. The molecule has 1 saturated heterocycles. The second-order valence-electron chi connectivity index (χ2n) is 4.32. The first-order chi connectivity index (χ1) is 8.01. The highest BCUT2D eigenvalue weighted by Gasteiger charge is 2.42. The van der Waals surface area contributed by atoms with Crippen LogP contribution in [-0.2, 0) is 14.3 Å². The summed E-state index contributed by atoms with van der Waals surface area (Å²) >= 11 is 0. The van der Waals surface area contributed by atoms with E-state index in [0.29, 0.717) is 6.42 Å². The van der Waals surface area contributed by atoms with E-state index in [1.165, 1.54) is 7.11 Å². The van der Waals surface area contributed by atoms with Crippen LogP contribution in [0.2, 0.25) is 0 Å². The molecule has 17 heavy (non-hydrogen) atoms. The number of hydrogen-bond donors (Lipinski definition) is 3. The third-order valence-electron chi connectivity index (χ3n) is 3.21. The normalized spacial score (nSPS) is 37.8. The van der Waals surface area contributed by atoms with E-state index in [1.54, 1.807) is 6.92 Å². The molecular weight excluding hydrogens is 228 g/mol. The average Bonchev–Trinajstić information content (AvgIpc) is 2.33. The summed E-state index contributed by atoms with van der Waals surface area (Å²) in [6.45, 7) is 1.35. The van der Waals surface area contributed by atoms with Crippen molar-refractivity contribution in [2.45, 2.75) is 44.2 Å². The Bertz CT molecular complexity index is 256. The Morgan fingerprint density at radius 2 is 2.00 bits per heavy atom. The molecule has 0 amide bonds. The van der Waals surface area contributed by atoms with E-state index in [-0.39, 0.29) is 19.0 Å². The summed E-state index contributed by atoms with van der Waals surface area (Å²) in [5.74, 6) is -0.940. The van der Waals surface area contributed by atoms with Crippen molar-refractivity contribution in [3.05, 3.63) is 0 Å². The minimum absolute atomic E-state index is 0.160. The molecule has 100 valence electrons. The van der Waals surface area contributed by atoms with Crippen LogP contribution in [0, 0.1) is 5.92 Å². The molecule has 1 rings (SSSR count). The Morgan fingerprint density at radius 1 is 1.35 bits per heavy atom. The van der Waals surface area contributed by atoms with Crippen LogP contribution in [0.4, 0.5) is 0 Å². The van der Waals surface area contributed by atoms with Crippen molar-refractivity contribution in [2.75, 3.05) is 13.7 Å². The summed E-state index contributed by atoms with van der Waals surface area (Å²) in [7, 11) is 1.30. The van der Waals surface area contributed by atoms with Crippen molar-refractivity contribution >= 4 is 5.97 Å². The molecule has 0 aromatic carbocycles. The summed E-state index contributed by atoms with van der Waals surface area (Å²) in [6, 6.07) is 0. The maximum absolute atomic E-state index is 11.0. The first kappa shape index (κ1) is 14.4. The molecule has 5 atom stereocenters. The van der Waals surface area contributed by atoms with Gasteiger partial charge < -0.3 is 24.8 Å². The predicted molar refractivity (Wildman–Crippen MR) is 58.2 cm³/mol. The third kappa shape index (κ3) is 3.38. The van der Waals surface area contributed by atoms with Gasteiger partial charge in [0.2, 0.25) is 0 Å². The summed E-state index contributed by atoms with van der Waals surface area (Å²) in [5, 5.41) is 28.6. The van der Waals surface area contributed by atoms with Crippen molar-refractivity contribution in [2.24, 2.45) is 5.92 Å². The monoisotopic (exact) mass is 248 g/mol. The number of carbonyl (C=O) groups excluding carboxylic acids is 1. The van der Waals surface area contributed by atoms with Gasteiger partial charge in [0, 0.05) is 12.3 Å². The fraction of sp³-hybridized carbons (Fsp3) is 0.909. The molecule has 0 aromatic heterocycles. The molecule has 1 fully saturated rings. The van der Waals surface area contributed by atoms with Gasteiger partial charge in [0.25, 0.3) is 0 Å². The smallest absolute Gasteiger partial charge is 0.305 e. The lowest BCUT2D eigenvalue weighted by atomic mass is 9.85. The predicted octanol–water partition coefficient (Wildman–Crippen LogP) is -0.943. The molecule has 1 heterocycles. The largest absolute Gasteiger partial charge is 0.469 e. The topological polar surface area (TPSA) is 96.2 Å². The SMILES string of the molecule is COC(=O)CC[C@@H]1O[C@@H](C)[C@H](O)[C@@H](O)[C@H]1CO. The summed E-state index contributed by atoms with van der Waals surface area (Å²) in [5.41, 5.74) is 0. The lowest BCUT2D eigenvalue weighted by Gasteiger charge is -2.41. The van der Waals surface area contributed by atoms with E-state index in [2.05, 4.69) is 4.74 Å². The van der Waals surface area contributed by atoms with E-state index in [1.807, 2.05) is 0 Å². The fourth-order valence-corrected chi connectivity index (χ4v) is 2.08. The van der Waals surface area contributed by atoms with E-state index in [4.69, 9.17) is 4.74 Å². The molecular formula is C11H20O6. The highest BCUT2D eigenvalue weighted by molar-refractivity contribution is 5.69. The van der Waals surface area contributed by atoms with Gasteiger partial charge in [-0.2, -0.15) is 0 Å². The van der Waals surface area contributed by atoms with E-state index in [0.717, 1.165) is 0 Å². The number of aliphatic hydroxyl groups is 3. The van der Waals surface area contributed by atoms with E-state index < -0.39 is 30.3 Å². The zero-order valence-electron chi connectivity index (χ0n) is 10.1. The first-order valence-electron chi connectivity index (χ1n) is 5.70. The van der Waals surface area contributed by atoms with Gasteiger partial charge in [0.1, 0.15) is 6.10 Å². The number of rotatable bonds is 4. The first-order valence-corrected chi connectivity index (χ1v) is 5.70. The highest BCUT2D eigenvalue weighted by atomic mass is 16.5. The van der Waals surface area contributed by atoms with Crippen molar-refractivity contribution in [3.8, 4) is 0 Å². The maximum atomic E-state index is 11.0. The van der Waals surface area contributed by atoms with Gasteiger partial charge in [-0.1, -0.05) is 0 Å².